The van der Waals surface area contributed by atoms with Crippen molar-refractivity contribution in [3.63, 3.8) is 0 Å². The van der Waals surface area contributed by atoms with Crippen molar-refractivity contribution < 1.29 is 35.9 Å². The highest BCUT2D eigenvalue weighted by Gasteiger charge is 2.33. The number of piperazine rings is 1. The van der Waals surface area contributed by atoms with Crippen LogP contribution in [-0.2, 0) is 31.2 Å². The normalized spacial score (nSPS) is 15.0. The third-order valence-corrected chi connectivity index (χ3v) is 11.4. The van der Waals surface area contributed by atoms with Crippen molar-refractivity contribution in [1.29, 1.82) is 0 Å². The maximum atomic E-state index is 13.8. The Bertz CT molecular complexity index is 2120. The van der Waals surface area contributed by atoms with Crippen LogP contribution in [0.1, 0.15) is 42.4 Å². The van der Waals surface area contributed by atoms with E-state index >= 15 is 0 Å². The number of nitrogens with zero attached hydrogens (tertiary/aromatic N) is 6. The quantitative estimate of drug-likeness (QED) is 0.319. The molecule has 0 saturated carbocycles. The van der Waals surface area contributed by atoms with Gasteiger partial charge in [0.05, 0.1) is 28.9 Å². The smallest absolute Gasteiger partial charge is 0.408 e. The van der Waals surface area contributed by atoms with E-state index in [4.69, 9.17) is 9.47 Å². The Morgan fingerprint density at radius 3 is 2.37 bits per heavy atom. The van der Waals surface area contributed by atoms with Crippen LogP contribution in [0.25, 0.3) is 0 Å². The molecular formula is C35H43N7O8S2. The summed E-state index contributed by atoms with van der Waals surface area (Å²) >= 11 is 0. The van der Waals surface area contributed by atoms with Gasteiger partial charge in [0.2, 0.25) is 31.9 Å². The van der Waals surface area contributed by atoms with Gasteiger partial charge in [0.1, 0.15) is 5.60 Å². The molecule has 52 heavy (non-hydrogen) atoms. The van der Waals surface area contributed by atoms with E-state index in [2.05, 4.69) is 27.1 Å². The molecular weight excluding hydrogens is 711 g/mol. The van der Waals surface area contributed by atoms with Crippen molar-refractivity contribution in [2.45, 2.75) is 44.6 Å². The van der Waals surface area contributed by atoms with Gasteiger partial charge in [0, 0.05) is 57.2 Å². The molecule has 0 spiro atoms. The minimum absolute atomic E-state index is 0.0401. The van der Waals surface area contributed by atoms with Gasteiger partial charge in [-0.05, 0) is 70.0 Å². The first-order valence-corrected chi connectivity index (χ1v) is 19.9. The molecule has 2 aliphatic rings. The highest BCUT2D eigenvalue weighted by atomic mass is 32.2. The van der Waals surface area contributed by atoms with E-state index in [1.54, 1.807) is 68.1 Å². The van der Waals surface area contributed by atoms with Gasteiger partial charge in [-0.2, -0.15) is 9.29 Å². The lowest BCUT2D eigenvalue weighted by Crippen LogP contribution is -2.49. The number of ether oxygens (including phenoxy) is 2. The van der Waals surface area contributed by atoms with Crippen LogP contribution in [0.5, 0.6) is 5.88 Å². The third-order valence-electron chi connectivity index (χ3n) is 8.28. The SMILES string of the molecule is Cc1cc(OCC#CCNC(=O)OC(C)(C)C)nc(N2CCN(S(=O)(=O)c3ccc4c(c3)CCN4C(=O)c3ccccc3N(C)S(C)(=O)=O)CC2)n1. The number of para-hydroxylation sites is 1. The molecule has 2 aromatic carbocycles. The molecule has 17 heteroatoms. The summed E-state index contributed by atoms with van der Waals surface area (Å²) in [5.41, 5.74) is 1.87. The zero-order valence-corrected chi connectivity index (χ0v) is 31.7. The Morgan fingerprint density at radius 2 is 1.67 bits per heavy atom. The third kappa shape index (κ3) is 9.11. The highest BCUT2D eigenvalue weighted by Crippen LogP contribution is 2.34. The molecule has 1 aromatic heterocycles. The molecule has 278 valence electrons. The van der Waals surface area contributed by atoms with E-state index in [1.165, 1.54) is 17.4 Å². The van der Waals surface area contributed by atoms with Crippen LogP contribution in [-0.4, -0.2) is 108 Å². The summed E-state index contributed by atoms with van der Waals surface area (Å²) in [5, 5.41) is 2.55. The number of carbonyl (C=O) groups excluding carboxylic acids is 2. The standard InChI is InChI=1S/C35H43N7O8S2/c1-25-23-31(49-22-10-9-16-36-34(44)50-35(2,3)4)38-33(37-25)40-18-20-41(21-19-40)52(47,48)27-13-14-29-26(24-27)15-17-42(29)32(43)28-11-7-8-12-30(28)39(5)51(6,45)46/h7-8,11-14,23-24H,15-22H2,1-6H3,(H,36,44). The van der Waals surface area contributed by atoms with Gasteiger partial charge in [0.15, 0.2) is 6.61 Å². The molecule has 15 nitrogen and oxygen atoms in total. The summed E-state index contributed by atoms with van der Waals surface area (Å²) in [6.45, 7) is 8.72. The number of fused-ring (bicyclic) bond motifs is 1. The van der Waals surface area contributed by atoms with E-state index in [-0.39, 0.29) is 48.3 Å². The van der Waals surface area contributed by atoms with Crippen molar-refractivity contribution in [3.05, 3.63) is 65.4 Å². The summed E-state index contributed by atoms with van der Waals surface area (Å²) in [6, 6.07) is 12.9. The van der Waals surface area contributed by atoms with Crippen LogP contribution >= 0.6 is 0 Å². The lowest BCUT2D eigenvalue weighted by Gasteiger charge is -2.34. The monoisotopic (exact) mass is 753 g/mol. The molecule has 0 atom stereocenters. The van der Waals surface area contributed by atoms with Crippen LogP contribution in [0, 0.1) is 18.8 Å². The number of aryl methyl sites for hydroxylation is 1. The zero-order chi connectivity index (χ0) is 37.8. The first-order valence-electron chi connectivity index (χ1n) is 16.6. The van der Waals surface area contributed by atoms with Crippen molar-refractivity contribution in [2.24, 2.45) is 0 Å². The number of carbonyl (C=O) groups is 2. The second-order valence-corrected chi connectivity index (χ2v) is 17.2. The summed E-state index contributed by atoms with van der Waals surface area (Å²) in [4.78, 5) is 38.0. The molecule has 1 saturated heterocycles. The fraction of sp³-hybridized carbons (Fsp3) is 0.429. The minimum atomic E-state index is -3.85. The van der Waals surface area contributed by atoms with Crippen molar-refractivity contribution in [1.82, 2.24) is 19.6 Å². The lowest BCUT2D eigenvalue weighted by atomic mass is 10.1. The molecule has 0 unspecified atom stereocenters. The molecule has 0 bridgehead atoms. The molecule has 5 rings (SSSR count). The second kappa shape index (κ2) is 15.4. The van der Waals surface area contributed by atoms with Crippen LogP contribution < -0.4 is 24.2 Å². The van der Waals surface area contributed by atoms with E-state index in [0.29, 0.717) is 54.8 Å². The van der Waals surface area contributed by atoms with Gasteiger partial charge in [-0.1, -0.05) is 24.0 Å². The Balaban J connectivity index is 1.19. The number of aromatic nitrogens is 2. The van der Waals surface area contributed by atoms with Crippen LogP contribution in [0.4, 0.5) is 22.1 Å². The first-order chi connectivity index (χ1) is 24.4. The Morgan fingerprint density at radius 1 is 0.962 bits per heavy atom. The number of hydrogen-bond acceptors (Lipinski definition) is 11. The van der Waals surface area contributed by atoms with E-state index in [1.807, 2.05) is 11.8 Å². The number of rotatable bonds is 9. The number of hydrogen-bond donors (Lipinski definition) is 1. The predicted octanol–water partition coefficient (Wildman–Crippen LogP) is 2.80. The Labute approximate surface area is 305 Å². The maximum absolute atomic E-state index is 13.8. The number of alkyl carbamates (subject to hydrolysis) is 1. The van der Waals surface area contributed by atoms with E-state index in [0.717, 1.165) is 10.6 Å². The van der Waals surface area contributed by atoms with Gasteiger partial charge in [-0.15, -0.1) is 0 Å². The van der Waals surface area contributed by atoms with Crippen LogP contribution in [0.15, 0.2) is 53.4 Å². The number of nitrogens with one attached hydrogen (secondary N) is 1. The summed E-state index contributed by atoms with van der Waals surface area (Å²) in [5.74, 6) is 5.98. The van der Waals surface area contributed by atoms with E-state index in [9.17, 15) is 26.4 Å². The highest BCUT2D eigenvalue weighted by molar-refractivity contribution is 7.92. The fourth-order valence-electron chi connectivity index (χ4n) is 5.67. The average molecular weight is 754 g/mol. The molecule has 0 radical (unpaired) electrons. The predicted molar refractivity (Wildman–Crippen MR) is 197 cm³/mol. The summed E-state index contributed by atoms with van der Waals surface area (Å²) < 4.78 is 65.3. The van der Waals surface area contributed by atoms with Gasteiger partial charge in [0.25, 0.3) is 5.91 Å². The Hall–Kier alpha value is -4.92. The van der Waals surface area contributed by atoms with Gasteiger partial charge in [-0.3, -0.25) is 9.10 Å². The molecule has 3 aromatic rings. The van der Waals surface area contributed by atoms with Gasteiger partial charge < -0.3 is 24.6 Å². The maximum Gasteiger partial charge on any atom is 0.408 e. The average Bonchev–Trinajstić information content (AvgIpc) is 3.51. The molecule has 2 amide bonds. The largest absolute Gasteiger partial charge is 0.464 e. The van der Waals surface area contributed by atoms with E-state index < -0.39 is 31.7 Å². The molecule has 1 N–H and O–H groups in total. The molecule has 0 aliphatic carbocycles. The van der Waals surface area contributed by atoms with Crippen LogP contribution in [0.3, 0.4) is 0 Å². The second-order valence-electron chi connectivity index (χ2n) is 13.3. The zero-order valence-electron chi connectivity index (χ0n) is 30.0. The minimum Gasteiger partial charge on any atom is -0.464 e. The van der Waals surface area contributed by atoms with Crippen molar-refractivity contribution in [3.8, 4) is 17.7 Å². The summed E-state index contributed by atoms with van der Waals surface area (Å²) in [7, 11) is -6.06. The lowest BCUT2D eigenvalue weighted by molar-refractivity contribution is 0.0534. The molecule has 1 fully saturated rings. The fourth-order valence-corrected chi connectivity index (χ4v) is 7.66. The molecule has 2 aliphatic heterocycles. The number of anilines is 3. The van der Waals surface area contributed by atoms with Crippen molar-refractivity contribution >= 4 is 49.4 Å². The van der Waals surface area contributed by atoms with Gasteiger partial charge in [-0.25, -0.2) is 26.6 Å². The van der Waals surface area contributed by atoms with Gasteiger partial charge >= 0.3 is 6.09 Å². The number of amides is 2. The van der Waals surface area contributed by atoms with Crippen molar-refractivity contribution in [2.75, 3.05) is 73.3 Å². The Kier molecular flexibility index (Phi) is 11.3. The first kappa shape index (κ1) is 38.3. The number of sulfonamides is 2. The molecule has 3 heterocycles. The number of benzene rings is 2. The van der Waals surface area contributed by atoms with Crippen LogP contribution in [0.2, 0.25) is 0 Å². The summed E-state index contributed by atoms with van der Waals surface area (Å²) in [6.07, 6.45) is 0.965. The topological polar surface area (TPSA) is 172 Å².